The lowest BCUT2D eigenvalue weighted by atomic mass is 10.2. The number of hydrogen-bond donors (Lipinski definition) is 3. The van der Waals surface area contributed by atoms with E-state index in [1.165, 1.54) is 6.33 Å². The van der Waals surface area contributed by atoms with Crippen molar-refractivity contribution in [3.63, 3.8) is 0 Å². The van der Waals surface area contributed by atoms with Gasteiger partial charge in [0.1, 0.15) is 17.6 Å². The molecule has 7 nitrogen and oxygen atoms in total. The molecule has 0 spiro atoms. The molecule has 0 saturated heterocycles. The van der Waals surface area contributed by atoms with Crippen molar-refractivity contribution in [2.45, 2.75) is 45.3 Å². The van der Waals surface area contributed by atoms with Crippen LogP contribution in [0.4, 0.5) is 16.3 Å². The van der Waals surface area contributed by atoms with Crippen molar-refractivity contribution in [3.05, 3.63) is 11.5 Å². The number of anilines is 2. The van der Waals surface area contributed by atoms with Gasteiger partial charge in [0.15, 0.2) is 11.0 Å². The highest BCUT2D eigenvalue weighted by atomic mass is 35.5. The first-order valence-electron chi connectivity index (χ1n) is 7.72. The maximum atomic E-state index is 12.0. The van der Waals surface area contributed by atoms with Gasteiger partial charge in [-0.1, -0.05) is 11.6 Å². The van der Waals surface area contributed by atoms with E-state index >= 15 is 0 Å². The third-order valence-corrected chi connectivity index (χ3v) is 3.72. The minimum Gasteiger partial charge on any atom is -0.444 e. The van der Waals surface area contributed by atoms with Crippen molar-refractivity contribution in [1.29, 1.82) is 0 Å². The van der Waals surface area contributed by atoms with Crippen molar-refractivity contribution in [3.8, 4) is 0 Å². The summed E-state index contributed by atoms with van der Waals surface area (Å²) >= 11 is 6.03. The highest BCUT2D eigenvalue weighted by Crippen LogP contribution is 2.33. The molecule has 1 aromatic heterocycles. The van der Waals surface area contributed by atoms with E-state index in [-0.39, 0.29) is 6.04 Å². The van der Waals surface area contributed by atoms with Crippen LogP contribution >= 0.6 is 11.6 Å². The Hall–Kier alpha value is -1.76. The number of carbonyl (C=O) groups is 1. The summed E-state index contributed by atoms with van der Waals surface area (Å²) in [7, 11) is 1.76. The Morgan fingerprint density at radius 1 is 1.43 bits per heavy atom. The minimum atomic E-state index is -0.509. The summed E-state index contributed by atoms with van der Waals surface area (Å²) in [4.78, 5) is 20.1. The highest BCUT2D eigenvalue weighted by molar-refractivity contribution is 6.32. The molecule has 0 aliphatic heterocycles. The van der Waals surface area contributed by atoms with Crippen molar-refractivity contribution in [2.75, 3.05) is 24.2 Å². The molecule has 1 saturated carbocycles. The summed E-state index contributed by atoms with van der Waals surface area (Å²) < 4.78 is 5.33. The van der Waals surface area contributed by atoms with Crippen molar-refractivity contribution in [2.24, 2.45) is 5.92 Å². The summed E-state index contributed by atoms with van der Waals surface area (Å²) in [6.45, 7) is 6.09. The van der Waals surface area contributed by atoms with Gasteiger partial charge in [-0.2, -0.15) is 0 Å². The van der Waals surface area contributed by atoms with Crippen molar-refractivity contribution >= 4 is 29.2 Å². The smallest absolute Gasteiger partial charge is 0.407 e. The van der Waals surface area contributed by atoms with Crippen LogP contribution in [0, 0.1) is 5.92 Å². The second kappa shape index (κ2) is 7.21. The van der Waals surface area contributed by atoms with Crippen LogP contribution in [0.2, 0.25) is 5.15 Å². The molecule has 1 aliphatic carbocycles. The number of carbonyl (C=O) groups excluding carboxylic acids is 1. The average molecular weight is 342 g/mol. The molecule has 128 valence electrons. The van der Waals surface area contributed by atoms with Gasteiger partial charge in [0, 0.05) is 13.6 Å². The molecule has 0 radical (unpaired) electrons. The van der Waals surface area contributed by atoms with Crippen LogP contribution in [0.3, 0.4) is 0 Å². The van der Waals surface area contributed by atoms with Gasteiger partial charge in [0.25, 0.3) is 0 Å². The van der Waals surface area contributed by atoms with Gasteiger partial charge in [-0.15, -0.1) is 0 Å². The van der Waals surface area contributed by atoms with E-state index in [0.29, 0.717) is 29.1 Å². The molecule has 2 rings (SSSR count). The summed E-state index contributed by atoms with van der Waals surface area (Å²) in [5.41, 5.74) is 0.131. The lowest BCUT2D eigenvalue weighted by molar-refractivity contribution is 0.0501. The third-order valence-electron chi connectivity index (χ3n) is 3.43. The Labute approximate surface area is 141 Å². The summed E-state index contributed by atoms with van der Waals surface area (Å²) in [5.74, 6) is 1.08. The van der Waals surface area contributed by atoms with Crippen LogP contribution in [0.15, 0.2) is 6.33 Å². The molecule has 1 aromatic rings. The SMILES string of the molecule is CNc1c(Cl)ncnc1NCC(NC(=O)OC(C)(C)C)C1CC1. The fourth-order valence-corrected chi connectivity index (χ4v) is 2.45. The van der Waals surface area contributed by atoms with Crippen molar-refractivity contribution in [1.82, 2.24) is 15.3 Å². The van der Waals surface area contributed by atoms with Gasteiger partial charge >= 0.3 is 6.09 Å². The molecule has 1 aliphatic rings. The Kier molecular flexibility index (Phi) is 5.51. The van der Waals surface area contributed by atoms with E-state index in [1.807, 2.05) is 20.8 Å². The van der Waals surface area contributed by atoms with Crippen LogP contribution < -0.4 is 16.0 Å². The molecule has 1 fully saturated rings. The molecule has 23 heavy (non-hydrogen) atoms. The number of rotatable bonds is 6. The predicted molar refractivity (Wildman–Crippen MR) is 91.0 cm³/mol. The largest absolute Gasteiger partial charge is 0.444 e. The highest BCUT2D eigenvalue weighted by Gasteiger charge is 2.33. The quantitative estimate of drug-likeness (QED) is 0.689. The Balaban J connectivity index is 1.96. The lowest BCUT2D eigenvalue weighted by Crippen LogP contribution is -2.44. The zero-order chi connectivity index (χ0) is 17.0. The number of nitrogens with zero attached hydrogens (tertiary/aromatic N) is 2. The minimum absolute atomic E-state index is 0.0108. The van der Waals surface area contributed by atoms with Crippen LogP contribution in [-0.2, 0) is 4.74 Å². The number of amides is 1. The molecular weight excluding hydrogens is 318 g/mol. The first-order chi connectivity index (χ1) is 10.8. The standard InChI is InChI=1S/C15H24ClN5O2/c1-15(2,3)23-14(22)21-10(9-5-6-9)7-18-13-11(17-4)12(16)19-8-20-13/h8-10,17H,5-7H2,1-4H3,(H,21,22)(H,18,19,20). The van der Waals surface area contributed by atoms with Crippen LogP contribution in [0.5, 0.6) is 0 Å². The summed E-state index contributed by atoms with van der Waals surface area (Å²) in [6.07, 6.45) is 3.21. The van der Waals surface area contributed by atoms with Crippen LogP contribution in [-0.4, -0.2) is 41.3 Å². The first-order valence-corrected chi connectivity index (χ1v) is 8.09. The third kappa shape index (κ3) is 5.42. The van der Waals surface area contributed by atoms with E-state index in [2.05, 4.69) is 25.9 Å². The molecule has 0 bridgehead atoms. The average Bonchev–Trinajstić information content (AvgIpc) is 3.26. The van der Waals surface area contributed by atoms with Gasteiger partial charge in [0.2, 0.25) is 0 Å². The van der Waals surface area contributed by atoms with E-state index in [1.54, 1.807) is 7.05 Å². The maximum Gasteiger partial charge on any atom is 0.407 e. The number of hydrogen-bond acceptors (Lipinski definition) is 6. The number of ether oxygens (including phenoxy) is 1. The van der Waals surface area contributed by atoms with E-state index in [9.17, 15) is 4.79 Å². The summed E-state index contributed by atoms with van der Waals surface area (Å²) in [5, 5.41) is 9.49. The van der Waals surface area contributed by atoms with Crippen LogP contribution in [0.1, 0.15) is 33.6 Å². The van der Waals surface area contributed by atoms with Crippen molar-refractivity contribution < 1.29 is 9.53 Å². The molecule has 1 heterocycles. The first kappa shape index (κ1) is 17.6. The molecule has 8 heteroatoms. The van der Waals surface area contributed by atoms with Gasteiger partial charge in [-0.25, -0.2) is 14.8 Å². The number of aromatic nitrogens is 2. The van der Waals surface area contributed by atoms with Gasteiger partial charge < -0.3 is 20.7 Å². The Morgan fingerprint density at radius 3 is 2.70 bits per heavy atom. The molecule has 1 unspecified atom stereocenters. The monoisotopic (exact) mass is 341 g/mol. The lowest BCUT2D eigenvalue weighted by Gasteiger charge is -2.24. The number of halogens is 1. The van der Waals surface area contributed by atoms with E-state index in [0.717, 1.165) is 12.8 Å². The van der Waals surface area contributed by atoms with E-state index < -0.39 is 11.7 Å². The molecular formula is C15H24ClN5O2. The number of alkyl carbamates (subject to hydrolysis) is 1. The molecule has 1 amide bonds. The fourth-order valence-electron chi connectivity index (χ4n) is 2.22. The van der Waals surface area contributed by atoms with Gasteiger partial charge in [-0.05, 0) is 39.5 Å². The zero-order valence-electron chi connectivity index (χ0n) is 13.9. The molecule has 3 N–H and O–H groups in total. The Bertz CT molecular complexity index is 557. The maximum absolute atomic E-state index is 12.0. The Morgan fingerprint density at radius 2 is 2.13 bits per heavy atom. The van der Waals surface area contributed by atoms with Gasteiger partial charge in [0.05, 0.1) is 6.04 Å². The second-order valence-corrected chi connectivity index (χ2v) is 6.97. The normalized spacial score (nSPS) is 15.7. The number of nitrogens with one attached hydrogen (secondary N) is 3. The zero-order valence-corrected chi connectivity index (χ0v) is 14.7. The summed E-state index contributed by atoms with van der Waals surface area (Å²) in [6, 6.07) is -0.0108. The van der Waals surface area contributed by atoms with E-state index in [4.69, 9.17) is 16.3 Å². The topological polar surface area (TPSA) is 88.2 Å². The van der Waals surface area contributed by atoms with Gasteiger partial charge in [-0.3, -0.25) is 0 Å². The fraction of sp³-hybridized carbons (Fsp3) is 0.667. The van der Waals surface area contributed by atoms with Crippen LogP contribution in [0.25, 0.3) is 0 Å². The molecule has 0 aromatic carbocycles. The molecule has 1 atom stereocenters. The second-order valence-electron chi connectivity index (χ2n) is 6.61. The predicted octanol–water partition coefficient (Wildman–Crippen LogP) is 2.89.